The number of hydrogen-bond acceptors (Lipinski definition) is 2. The molecule has 2 nitrogen and oxygen atoms in total. The van der Waals surface area contributed by atoms with E-state index in [9.17, 15) is 4.79 Å². The highest BCUT2D eigenvalue weighted by Crippen LogP contribution is 2.23. The standard InChI is InChI=1S/C23H23NOS/c1-17-8-14-22(15-9-17)26-16-19-10-12-21(13-11-19)23(25)24-18(2)20-6-4-3-5-7-20/h3-15,18H,16H2,1-2H3,(H,24,25)/t18-/m1/s1. The summed E-state index contributed by atoms with van der Waals surface area (Å²) < 4.78 is 0. The van der Waals surface area contributed by atoms with Gasteiger partial charge in [0.1, 0.15) is 0 Å². The van der Waals surface area contributed by atoms with Crippen LogP contribution >= 0.6 is 11.8 Å². The van der Waals surface area contributed by atoms with Gasteiger partial charge in [0.25, 0.3) is 5.91 Å². The summed E-state index contributed by atoms with van der Waals surface area (Å²) in [6, 6.07) is 26.4. The van der Waals surface area contributed by atoms with Crippen molar-refractivity contribution in [1.82, 2.24) is 5.32 Å². The first-order chi connectivity index (χ1) is 12.6. The lowest BCUT2D eigenvalue weighted by Gasteiger charge is -2.14. The number of benzene rings is 3. The van der Waals surface area contributed by atoms with E-state index in [0.717, 1.165) is 11.3 Å². The predicted octanol–water partition coefficient (Wildman–Crippen LogP) is 5.78. The molecule has 0 aliphatic rings. The Bertz CT molecular complexity index is 842. The van der Waals surface area contributed by atoms with Gasteiger partial charge in [0.2, 0.25) is 0 Å². The van der Waals surface area contributed by atoms with Crippen LogP contribution in [0.4, 0.5) is 0 Å². The van der Waals surface area contributed by atoms with Crippen LogP contribution < -0.4 is 5.32 Å². The van der Waals surface area contributed by atoms with Crippen molar-refractivity contribution in [2.75, 3.05) is 0 Å². The third-order valence-corrected chi connectivity index (χ3v) is 5.37. The number of aryl methyl sites for hydroxylation is 1. The average Bonchev–Trinajstić information content (AvgIpc) is 2.68. The van der Waals surface area contributed by atoms with Gasteiger partial charge in [-0.15, -0.1) is 11.8 Å². The van der Waals surface area contributed by atoms with Gasteiger partial charge in [0.15, 0.2) is 0 Å². The smallest absolute Gasteiger partial charge is 0.251 e. The van der Waals surface area contributed by atoms with Crippen LogP contribution in [-0.4, -0.2) is 5.91 Å². The highest BCUT2D eigenvalue weighted by Gasteiger charge is 2.11. The van der Waals surface area contributed by atoms with Crippen molar-refractivity contribution in [3.8, 4) is 0 Å². The van der Waals surface area contributed by atoms with Crippen LogP contribution in [0.25, 0.3) is 0 Å². The van der Waals surface area contributed by atoms with Crippen LogP contribution in [0.1, 0.15) is 40.0 Å². The first-order valence-corrected chi connectivity index (χ1v) is 9.74. The molecule has 0 spiro atoms. The maximum atomic E-state index is 12.4. The summed E-state index contributed by atoms with van der Waals surface area (Å²) in [4.78, 5) is 13.7. The summed E-state index contributed by atoms with van der Waals surface area (Å²) in [7, 11) is 0. The lowest BCUT2D eigenvalue weighted by atomic mass is 10.1. The Morgan fingerprint density at radius 2 is 1.58 bits per heavy atom. The molecule has 0 unspecified atom stereocenters. The van der Waals surface area contributed by atoms with E-state index in [2.05, 4.69) is 36.5 Å². The number of hydrogen-bond donors (Lipinski definition) is 1. The van der Waals surface area contributed by atoms with E-state index in [1.807, 2.05) is 61.5 Å². The van der Waals surface area contributed by atoms with Crippen LogP contribution in [0.5, 0.6) is 0 Å². The molecule has 0 heterocycles. The molecule has 0 aromatic heterocycles. The van der Waals surface area contributed by atoms with Gasteiger partial charge in [-0.05, 0) is 49.2 Å². The minimum absolute atomic E-state index is 0.0135. The van der Waals surface area contributed by atoms with Gasteiger partial charge in [0, 0.05) is 16.2 Å². The zero-order valence-corrected chi connectivity index (χ0v) is 15.9. The number of thioether (sulfide) groups is 1. The summed E-state index contributed by atoms with van der Waals surface area (Å²) in [5.41, 5.74) is 4.28. The molecule has 0 aliphatic carbocycles. The van der Waals surface area contributed by atoms with Gasteiger partial charge in [-0.25, -0.2) is 0 Å². The van der Waals surface area contributed by atoms with E-state index in [4.69, 9.17) is 0 Å². The maximum Gasteiger partial charge on any atom is 0.251 e. The quantitative estimate of drug-likeness (QED) is 0.564. The molecule has 3 rings (SSSR count). The highest BCUT2D eigenvalue weighted by atomic mass is 32.2. The van der Waals surface area contributed by atoms with Crippen molar-refractivity contribution in [3.05, 3.63) is 101 Å². The molecule has 132 valence electrons. The van der Waals surface area contributed by atoms with Gasteiger partial charge in [-0.1, -0.05) is 60.2 Å². The van der Waals surface area contributed by atoms with Crippen molar-refractivity contribution in [2.24, 2.45) is 0 Å². The number of carbonyl (C=O) groups excluding carboxylic acids is 1. The van der Waals surface area contributed by atoms with Crippen LogP contribution in [0.15, 0.2) is 83.8 Å². The minimum Gasteiger partial charge on any atom is -0.346 e. The Morgan fingerprint density at radius 1 is 0.923 bits per heavy atom. The minimum atomic E-state index is -0.0425. The van der Waals surface area contributed by atoms with Crippen molar-refractivity contribution in [1.29, 1.82) is 0 Å². The van der Waals surface area contributed by atoms with Crippen LogP contribution in [-0.2, 0) is 5.75 Å². The molecule has 3 aromatic carbocycles. The molecule has 0 bridgehead atoms. The van der Waals surface area contributed by atoms with Crippen LogP contribution in [0, 0.1) is 6.92 Å². The Balaban J connectivity index is 1.56. The normalized spacial score (nSPS) is 11.8. The van der Waals surface area contributed by atoms with Gasteiger partial charge in [-0.2, -0.15) is 0 Å². The van der Waals surface area contributed by atoms with E-state index in [-0.39, 0.29) is 11.9 Å². The van der Waals surface area contributed by atoms with Crippen molar-refractivity contribution in [2.45, 2.75) is 30.5 Å². The molecule has 0 aliphatic heterocycles. The summed E-state index contributed by atoms with van der Waals surface area (Å²) in [5.74, 6) is 0.852. The zero-order valence-electron chi connectivity index (χ0n) is 15.1. The van der Waals surface area contributed by atoms with Gasteiger partial charge in [0.05, 0.1) is 6.04 Å². The third-order valence-electron chi connectivity index (χ3n) is 4.29. The topological polar surface area (TPSA) is 29.1 Å². The molecular weight excluding hydrogens is 338 g/mol. The van der Waals surface area contributed by atoms with E-state index < -0.39 is 0 Å². The molecule has 0 radical (unpaired) electrons. The van der Waals surface area contributed by atoms with E-state index >= 15 is 0 Å². The fourth-order valence-corrected chi connectivity index (χ4v) is 3.51. The largest absolute Gasteiger partial charge is 0.346 e. The molecule has 1 amide bonds. The Kier molecular flexibility index (Phi) is 6.13. The number of nitrogens with one attached hydrogen (secondary N) is 1. The van der Waals surface area contributed by atoms with E-state index in [0.29, 0.717) is 5.56 Å². The fourth-order valence-electron chi connectivity index (χ4n) is 2.66. The third kappa shape index (κ3) is 4.99. The molecule has 0 saturated heterocycles. The molecule has 3 heteroatoms. The van der Waals surface area contributed by atoms with Crippen molar-refractivity contribution < 1.29 is 4.79 Å². The second-order valence-corrected chi connectivity index (χ2v) is 7.45. The molecule has 26 heavy (non-hydrogen) atoms. The first-order valence-electron chi connectivity index (χ1n) is 8.76. The summed E-state index contributed by atoms with van der Waals surface area (Å²) >= 11 is 1.80. The van der Waals surface area contributed by atoms with Crippen molar-refractivity contribution in [3.63, 3.8) is 0 Å². The molecular formula is C23H23NOS. The Hall–Kier alpha value is -2.52. The lowest BCUT2D eigenvalue weighted by Crippen LogP contribution is -2.26. The molecule has 0 fully saturated rings. The average molecular weight is 362 g/mol. The molecule has 3 aromatic rings. The molecule has 1 atom stereocenters. The second kappa shape index (κ2) is 8.72. The monoisotopic (exact) mass is 361 g/mol. The molecule has 1 N–H and O–H groups in total. The van der Waals surface area contributed by atoms with Crippen molar-refractivity contribution >= 4 is 17.7 Å². The number of carbonyl (C=O) groups is 1. The highest BCUT2D eigenvalue weighted by molar-refractivity contribution is 7.98. The fraction of sp³-hybridized carbons (Fsp3) is 0.174. The second-order valence-electron chi connectivity index (χ2n) is 6.40. The zero-order chi connectivity index (χ0) is 18.4. The molecule has 0 saturated carbocycles. The Morgan fingerprint density at radius 3 is 2.23 bits per heavy atom. The van der Waals surface area contributed by atoms with Gasteiger partial charge < -0.3 is 5.32 Å². The predicted molar refractivity (Wildman–Crippen MR) is 110 cm³/mol. The van der Waals surface area contributed by atoms with E-state index in [1.54, 1.807) is 11.8 Å². The SMILES string of the molecule is Cc1ccc(SCc2ccc(C(=O)N[C@H](C)c3ccccc3)cc2)cc1. The summed E-state index contributed by atoms with van der Waals surface area (Å²) in [5, 5.41) is 3.05. The van der Waals surface area contributed by atoms with Gasteiger partial charge in [-0.3, -0.25) is 4.79 Å². The number of amides is 1. The number of rotatable bonds is 6. The summed E-state index contributed by atoms with van der Waals surface area (Å²) in [6.45, 7) is 4.09. The van der Waals surface area contributed by atoms with Gasteiger partial charge >= 0.3 is 0 Å². The Labute approximate surface area is 159 Å². The van der Waals surface area contributed by atoms with Crippen LogP contribution in [0.2, 0.25) is 0 Å². The van der Waals surface area contributed by atoms with E-state index in [1.165, 1.54) is 16.0 Å². The maximum absolute atomic E-state index is 12.4. The first kappa shape index (κ1) is 18.3. The van der Waals surface area contributed by atoms with Crippen LogP contribution in [0.3, 0.4) is 0 Å². The summed E-state index contributed by atoms with van der Waals surface area (Å²) in [6.07, 6.45) is 0. The lowest BCUT2D eigenvalue weighted by molar-refractivity contribution is 0.0940.